The summed E-state index contributed by atoms with van der Waals surface area (Å²) in [7, 11) is 0. The first-order valence-electron chi connectivity index (χ1n) is 9.70. The molecule has 0 aliphatic rings. The number of nitrogens with zero attached hydrogens (tertiary/aromatic N) is 1. The molecule has 150 valence electrons. The Labute approximate surface area is 174 Å². The van der Waals surface area contributed by atoms with Gasteiger partial charge in [-0.1, -0.05) is 30.3 Å². The molecule has 5 nitrogen and oxygen atoms in total. The van der Waals surface area contributed by atoms with Gasteiger partial charge in [0, 0.05) is 10.9 Å². The molecule has 0 saturated carbocycles. The number of fused-ring (bicyclic) bond motifs is 1. The van der Waals surface area contributed by atoms with E-state index in [0.29, 0.717) is 33.5 Å². The first-order chi connectivity index (χ1) is 14.4. The Bertz CT molecular complexity index is 1240. The van der Waals surface area contributed by atoms with Gasteiger partial charge >= 0.3 is 5.97 Å². The number of rotatable bonds is 5. The molecule has 4 rings (SSSR count). The minimum Gasteiger partial charge on any atom is -0.463 e. The van der Waals surface area contributed by atoms with Gasteiger partial charge in [0.1, 0.15) is 5.69 Å². The van der Waals surface area contributed by atoms with Crippen LogP contribution in [-0.4, -0.2) is 22.8 Å². The zero-order valence-corrected chi connectivity index (χ0v) is 17.0. The molecule has 2 aromatic carbocycles. The van der Waals surface area contributed by atoms with Gasteiger partial charge in [0.15, 0.2) is 11.9 Å². The fourth-order valence-electron chi connectivity index (χ4n) is 3.30. The number of benzene rings is 2. The number of ketones is 1. The third kappa shape index (κ3) is 3.74. The van der Waals surface area contributed by atoms with Crippen molar-refractivity contribution in [3.8, 4) is 11.5 Å². The van der Waals surface area contributed by atoms with E-state index < -0.39 is 12.1 Å². The first-order valence-corrected chi connectivity index (χ1v) is 9.70. The fourth-order valence-corrected chi connectivity index (χ4v) is 3.30. The van der Waals surface area contributed by atoms with Gasteiger partial charge in [0.25, 0.3) is 0 Å². The topological polar surface area (TPSA) is 69.4 Å². The molecule has 30 heavy (non-hydrogen) atoms. The lowest BCUT2D eigenvalue weighted by Gasteiger charge is -2.14. The van der Waals surface area contributed by atoms with Crippen LogP contribution in [0.4, 0.5) is 0 Å². The maximum atomic E-state index is 13.0. The van der Waals surface area contributed by atoms with E-state index in [0.717, 1.165) is 11.1 Å². The smallest absolute Gasteiger partial charge is 0.339 e. The number of furan rings is 1. The monoisotopic (exact) mass is 399 g/mol. The Balaban J connectivity index is 1.65. The van der Waals surface area contributed by atoms with Crippen molar-refractivity contribution in [2.45, 2.75) is 26.9 Å². The number of aromatic nitrogens is 1. The van der Waals surface area contributed by atoms with Crippen LogP contribution in [0.1, 0.15) is 38.8 Å². The van der Waals surface area contributed by atoms with E-state index in [1.54, 1.807) is 43.5 Å². The average molecular weight is 399 g/mol. The maximum absolute atomic E-state index is 13.0. The first kappa shape index (κ1) is 19.6. The molecule has 0 radical (unpaired) electrons. The number of carbonyl (C=O) groups is 2. The van der Waals surface area contributed by atoms with Crippen LogP contribution in [0.25, 0.3) is 22.4 Å². The summed E-state index contributed by atoms with van der Waals surface area (Å²) >= 11 is 0. The number of carbonyl (C=O) groups excluding carboxylic acids is 2. The molecule has 0 fully saturated rings. The van der Waals surface area contributed by atoms with Crippen LogP contribution in [0.5, 0.6) is 0 Å². The van der Waals surface area contributed by atoms with Crippen LogP contribution in [0, 0.1) is 13.8 Å². The highest BCUT2D eigenvalue weighted by Crippen LogP contribution is 2.26. The second kappa shape index (κ2) is 7.95. The minimum absolute atomic E-state index is 0.240. The molecule has 0 spiro atoms. The van der Waals surface area contributed by atoms with Gasteiger partial charge in [0.2, 0.25) is 5.78 Å². The molecular weight excluding hydrogens is 378 g/mol. The number of ether oxygens (including phenoxy) is 1. The van der Waals surface area contributed by atoms with Crippen molar-refractivity contribution in [3.05, 3.63) is 89.2 Å². The molecule has 4 aromatic rings. The van der Waals surface area contributed by atoms with Gasteiger partial charge in [-0.15, -0.1) is 0 Å². The fraction of sp³-hybridized carbons (Fsp3) is 0.160. The van der Waals surface area contributed by atoms with E-state index in [-0.39, 0.29) is 5.78 Å². The average Bonchev–Trinajstić information content (AvgIpc) is 3.29. The number of Topliss-reactive ketones (excluding diaryl/α,β-unsaturated/α-hetero) is 1. The summed E-state index contributed by atoms with van der Waals surface area (Å²) in [6.07, 6.45) is 0.632. The zero-order chi connectivity index (χ0) is 21.3. The number of aryl methyl sites for hydroxylation is 2. The number of para-hydroxylation sites is 1. The van der Waals surface area contributed by atoms with Crippen molar-refractivity contribution in [3.63, 3.8) is 0 Å². The predicted molar refractivity (Wildman–Crippen MR) is 115 cm³/mol. The van der Waals surface area contributed by atoms with E-state index in [2.05, 4.69) is 4.98 Å². The highest BCUT2D eigenvalue weighted by Gasteiger charge is 2.23. The largest absolute Gasteiger partial charge is 0.463 e. The molecule has 5 heteroatoms. The van der Waals surface area contributed by atoms with Crippen LogP contribution in [0.2, 0.25) is 0 Å². The number of hydrogen-bond acceptors (Lipinski definition) is 5. The Morgan fingerprint density at radius 3 is 2.50 bits per heavy atom. The van der Waals surface area contributed by atoms with Gasteiger partial charge in [-0.2, -0.15) is 0 Å². The second-order valence-corrected chi connectivity index (χ2v) is 7.26. The van der Waals surface area contributed by atoms with E-state index in [1.165, 1.54) is 0 Å². The lowest BCUT2D eigenvalue weighted by Crippen LogP contribution is -2.24. The van der Waals surface area contributed by atoms with Gasteiger partial charge in [-0.05, 0) is 62.2 Å². The van der Waals surface area contributed by atoms with Gasteiger partial charge in [-0.3, -0.25) is 4.79 Å². The molecule has 0 unspecified atom stereocenters. The summed E-state index contributed by atoms with van der Waals surface area (Å²) in [6, 6.07) is 17.9. The molecular formula is C25H21NO4. The van der Waals surface area contributed by atoms with Crippen molar-refractivity contribution >= 4 is 22.7 Å². The van der Waals surface area contributed by atoms with Crippen molar-refractivity contribution in [2.24, 2.45) is 0 Å². The Morgan fingerprint density at radius 2 is 1.77 bits per heavy atom. The second-order valence-electron chi connectivity index (χ2n) is 7.26. The molecule has 2 aromatic heterocycles. The third-order valence-corrected chi connectivity index (χ3v) is 5.15. The van der Waals surface area contributed by atoms with Crippen LogP contribution in [0.3, 0.4) is 0 Å². The quantitative estimate of drug-likeness (QED) is 0.325. The molecule has 1 atom stereocenters. The number of esters is 1. The normalized spacial score (nSPS) is 12.0. The molecule has 0 aliphatic heterocycles. The molecule has 2 heterocycles. The van der Waals surface area contributed by atoms with Crippen LogP contribution in [-0.2, 0) is 4.74 Å². The predicted octanol–water partition coefficient (Wildman–Crippen LogP) is 5.54. The van der Waals surface area contributed by atoms with E-state index in [1.807, 2.05) is 44.2 Å². The summed E-state index contributed by atoms with van der Waals surface area (Å²) in [6.45, 7) is 5.52. The van der Waals surface area contributed by atoms with Crippen molar-refractivity contribution in [1.82, 2.24) is 4.98 Å². The molecule has 0 bridgehead atoms. The minimum atomic E-state index is -0.918. The van der Waals surface area contributed by atoms with Crippen LogP contribution < -0.4 is 0 Å². The number of pyridine rings is 1. The molecule has 0 N–H and O–H groups in total. The van der Waals surface area contributed by atoms with Crippen molar-refractivity contribution in [2.75, 3.05) is 0 Å². The summed E-state index contributed by atoms with van der Waals surface area (Å²) in [4.78, 5) is 30.4. The molecule has 0 amide bonds. The zero-order valence-electron chi connectivity index (χ0n) is 17.0. The lowest BCUT2D eigenvalue weighted by molar-refractivity contribution is 0.0320. The van der Waals surface area contributed by atoms with Crippen LogP contribution >= 0.6 is 0 Å². The summed E-state index contributed by atoms with van der Waals surface area (Å²) in [5.74, 6) is -0.267. The Morgan fingerprint density at radius 1 is 0.967 bits per heavy atom. The highest BCUT2D eigenvalue weighted by atomic mass is 16.5. The summed E-state index contributed by atoms with van der Waals surface area (Å²) in [5.41, 5.74) is 4.15. The van der Waals surface area contributed by atoms with Gasteiger partial charge < -0.3 is 9.15 Å². The van der Waals surface area contributed by atoms with E-state index in [9.17, 15) is 9.59 Å². The van der Waals surface area contributed by atoms with Crippen LogP contribution in [0.15, 0.2) is 71.3 Å². The standard InChI is InChI=1S/C25H21NO4/c1-15-10-11-18(13-16(15)2)24(27)17(3)30-25(28)20-14-22(23-9-6-12-29-23)26-21-8-5-4-7-19(20)21/h4-14,17H,1-3H3/t17-/m0/s1. The van der Waals surface area contributed by atoms with Gasteiger partial charge in [0.05, 0.1) is 17.3 Å². The highest BCUT2D eigenvalue weighted by molar-refractivity contribution is 6.06. The number of hydrogen-bond donors (Lipinski definition) is 0. The lowest BCUT2D eigenvalue weighted by atomic mass is 10.0. The summed E-state index contributed by atoms with van der Waals surface area (Å²) < 4.78 is 11.0. The molecule has 0 saturated heterocycles. The SMILES string of the molecule is Cc1ccc(C(=O)[C@H](C)OC(=O)c2cc(-c3ccco3)nc3ccccc23)cc1C. The summed E-state index contributed by atoms with van der Waals surface area (Å²) in [5, 5.41) is 0.656. The molecule has 0 aliphatic carbocycles. The van der Waals surface area contributed by atoms with Crippen molar-refractivity contribution < 1.29 is 18.7 Å². The Hall–Kier alpha value is -3.73. The van der Waals surface area contributed by atoms with Gasteiger partial charge in [-0.25, -0.2) is 9.78 Å². The van der Waals surface area contributed by atoms with E-state index in [4.69, 9.17) is 9.15 Å². The Kier molecular flexibility index (Phi) is 5.19. The van der Waals surface area contributed by atoms with Crippen molar-refractivity contribution in [1.29, 1.82) is 0 Å². The third-order valence-electron chi connectivity index (χ3n) is 5.15. The maximum Gasteiger partial charge on any atom is 0.339 e. The van der Waals surface area contributed by atoms with E-state index >= 15 is 0 Å².